The van der Waals surface area contributed by atoms with Crippen LogP contribution < -0.4 is 0 Å². The van der Waals surface area contributed by atoms with Crippen molar-refractivity contribution in [2.24, 2.45) is 0 Å². The van der Waals surface area contributed by atoms with E-state index in [1.54, 1.807) is 0 Å². The van der Waals surface area contributed by atoms with Gasteiger partial charge in [-0.15, -0.1) is 0 Å². The molecule has 0 aliphatic heterocycles. The highest BCUT2D eigenvalue weighted by Gasteiger charge is 1.99. The molecule has 0 heterocycles. The first kappa shape index (κ1) is 24.0. The lowest BCUT2D eigenvalue weighted by Gasteiger charge is -2.05. The summed E-state index contributed by atoms with van der Waals surface area (Å²) in [7, 11) is 0. The van der Waals surface area contributed by atoms with E-state index in [0.717, 1.165) is 6.61 Å². The van der Waals surface area contributed by atoms with E-state index in [1.807, 2.05) is 25.1 Å². The quantitative estimate of drug-likeness (QED) is 0.485. The van der Waals surface area contributed by atoms with Crippen LogP contribution >= 0.6 is 0 Å². The van der Waals surface area contributed by atoms with Gasteiger partial charge in [-0.1, -0.05) is 30.3 Å². The molecule has 1 rings (SSSR count). The third-order valence-corrected chi connectivity index (χ3v) is 3.09. The number of carbonyl (C=O) groups is 2. The second-order valence-corrected chi connectivity index (χ2v) is 5.34. The molecule has 0 atom stereocenters. The van der Waals surface area contributed by atoms with E-state index >= 15 is 0 Å². The molecule has 0 bridgehead atoms. The Morgan fingerprint density at radius 3 is 1.81 bits per heavy atom. The van der Waals surface area contributed by atoms with Crippen LogP contribution in [-0.4, -0.2) is 55.2 Å². The smallest absolute Gasteiger partial charge is 0.303 e. The molecule has 0 unspecified atom stereocenters. The van der Waals surface area contributed by atoms with Crippen LogP contribution in [-0.2, 0) is 30.4 Å². The minimum absolute atomic E-state index is 0.0628. The fraction of sp³-hybridized carbons (Fsp3) is 0.579. The topological polar surface area (TPSA) is 102 Å². The van der Waals surface area contributed by atoms with Gasteiger partial charge in [-0.05, 0) is 25.3 Å². The van der Waals surface area contributed by atoms with E-state index < -0.39 is 11.9 Å². The summed E-state index contributed by atoms with van der Waals surface area (Å²) >= 11 is 0. The monoisotopic (exact) mass is 370 g/mol. The molecular weight excluding hydrogens is 340 g/mol. The number of carboxylic acid groups (broad SMARTS) is 2. The summed E-state index contributed by atoms with van der Waals surface area (Å²) in [6.45, 7) is 5.92. The van der Waals surface area contributed by atoms with Crippen LogP contribution in [0.5, 0.6) is 0 Å². The Labute approximate surface area is 154 Å². The number of carboxylic acids is 2. The van der Waals surface area contributed by atoms with Gasteiger partial charge < -0.3 is 24.4 Å². The average Bonchev–Trinajstić information content (AvgIpc) is 2.62. The molecule has 0 aromatic heterocycles. The summed E-state index contributed by atoms with van der Waals surface area (Å²) < 4.78 is 15.9. The predicted octanol–water partition coefficient (Wildman–Crippen LogP) is 2.97. The van der Waals surface area contributed by atoms with E-state index in [4.69, 9.17) is 24.4 Å². The second kappa shape index (κ2) is 17.8. The van der Waals surface area contributed by atoms with Crippen LogP contribution in [0.25, 0.3) is 0 Å². The van der Waals surface area contributed by atoms with E-state index in [-0.39, 0.29) is 12.8 Å². The van der Waals surface area contributed by atoms with Crippen molar-refractivity contribution >= 4 is 11.9 Å². The molecule has 0 spiro atoms. The van der Waals surface area contributed by atoms with E-state index in [2.05, 4.69) is 12.1 Å². The predicted molar refractivity (Wildman–Crippen MR) is 97.1 cm³/mol. The van der Waals surface area contributed by atoms with E-state index in [1.165, 1.54) is 5.56 Å². The van der Waals surface area contributed by atoms with Crippen LogP contribution in [0.4, 0.5) is 0 Å². The highest BCUT2D eigenvalue weighted by atomic mass is 16.5. The Morgan fingerprint density at radius 2 is 1.31 bits per heavy atom. The Bertz CT molecular complexity index is 446. The molecule has 1 aromatic carbocycles. The standard InChI is InChI=1S/C13H20O3.C6H10O4/c1-2-14-8-9-15-10-11-16-12-13-6-4-3-5-7-13;7-5(8)3-1-2-4-6(9)10/h3-7H,2,8-12H2,1H3;1-4H2,(H,7,8)(H,9,10). The van der Waals surface area contributed by atoms with Crippen molar-refractivity contribution in [2.45, 2.75) is 39.2 Å². The molecule has 148 valence electrons. The van der Waals surface area contributed by atoms with Crippen molar-refractivity contribution in [3.63, 3.8) is 0 Å². The molecule has 0 saturated heterocycles. The van der Waals surface area contributed by atoms with Gasteiger partial charge in [-0.25, -0.2) is 0 Å². The maximum atomic E-state index is 9.90. The summed E-state index contributed by atoms with van der Waals surface area (Å²) in [4.78, 5) is 19.8. The molecule has 0 fully saturated rings. The normalized spacial score (nSPS) is 10.0. The number of hydrogen-bond donors (Lipinski definition) is 2. The molecule has 7 heteroatoms. The second-order valence-electron chi connectivity index (χ2n) is 5.34. The fourth-order valence-corrected chi connectivity index (χ4v) is 1.80. The first-order valence-corrected chi connectivity index (χ1v) is 8.77. The average molecular weight is 370 g/mol. The van der Waals surface area contributed by atoms with Gasteiger partial charge in [0.15, 0.2) is 0 Å². The van der Waals surface area contributed by atoms with Crippen molar-refractivity contribution in [3.8, 4) is 0 Å². The van der Waals surface area contributed by atoms with Crippen molar-refractivity contribution in [1.29, 1.82) is 0 Å². The lowest BCUT2D eigenvalue weighted by atomic mass is 10.2. The molecule has 0 saturated carbocycles. The maximum Gasteiger partial charge on any atom is 0.303 e. The van der Waals surface area contributed by atoms with Gasteiger partial charge in [0.05, 0.1) is 33.0 Å². The van der Waals surface area contributed by atoms with E-state index in [0.29, 0.717) is 45.9 Å². The number of ether oxygens (including phenoxy) is 3. The van der Waals surface area contributed by atoms with Crippen LogP contribution in [0.3, 0.4) is 0 Å². The number of hydrogen-bond acceptors (Lipinski definition) is 5. The fourth-order valence-electron chi connectivity index (χ4n) is 1.80. The Hall–Kier alpha value is -1.96. The van der Waals surface area contributed by atoms with Crippen LogP contribution in [0.15, 0.2) is 30.3 Å². The number of unbranched alkanes of at least 4 members (excludes halogenated alkanes) is 1. The third kappa shape index (κ3) is 18.4. The highest BCUT2D eigenvalue weighted by Crippen LogP contribution is 2.00. The van der Waals surface area contributed by atoms with Gasteiger partial charge in [-0.3, -0.25) is 9.59 Å². The lowest BCUT2D eigenvalue weighted by molar-refractivity contribution is -0.139. The lowest BCUT2D eigenvalue weighted by Crippen LogP contribution is -2.09. The van der Waals surface area contributed by atoms with Crippen molar-refractivity contribution in [2.75, 3.05) is 33.0 Å². The molecule has 0 aliphatic carbocycles. The zero-order chi connectivity index (χ0) is 19.5. The van der Waals surface area contributed by atoms with Gasteiger partial charge in [0.1, 0.15) is 0 Å². The van der Waals surface area contributed by atoms with Crippen LogP contribution in [0, 0.1) is 0 Å². The molecule has 1 aromatic rings. The van der Waals surface area contributed by atoms with Gasteiger partial charge in [0.2, 0.25) is 0 Å². The van der Waals surface area contributed by atoms with Gasteiger partial charge >= 0.3 is 11.9 Å². The minimum Gasteiger partial charge on any atom is -0.481 e. The first-order chi connectivity index (χ1) is 12.6. The Kier molecular flexibility index (Phi) is 16.5. The van der Waals surface area contributed by atoms with Gasteiger partial charge in [0, 0.05) is 19.4 Å². The third-order valence-electron chi connectivity index (χ3n) is 3.09. The number of benzene rings is 1. The molecule has 0 aliphatic rings. The summed E-state index contributed by atoms with van der Waals surface area (Å²) in [5.74, 6) is -1.74. The van der Waals surface area contributed by atoms with Gasteiger partial charge in [-0.2, -0.15) is 0 Å². The molecule has 2 N–H and O–H groups in total. The van der Waals surface area contributed by atoms with Crippen molar-refractivity contribution in [1.82, 2.24) is 0 Å². The largest absolute Gasteiger partial charge is 0.481 e. The number of aliphatic carboxylic acids is 2. The first-order valence-electron chi connectivity index (χ1n) is 8.77. The summed E-state index contributed by atoms with van der Waals surface area (Å²) in [6, 6.07) is 10.1. The minimum atomic E-state index is -0.870. The van der Waals surface area contributed by atoms with Crippen LogP contribution in [0.1, 0.15) is 38.2 Å². The molecular formula is C19H30O7. The summed E-state index contributed by atoms with van der Waals surface area (Å²) in [5, 5.41) is 16.3. The SMILES string of the molecule is CCOCCOCCOCc1ccccc1.O=C(O)CCCCC(=O)O. The molecule has 7 nitrogen and oxygen atoms in total. The molecule has 0 radical (unpaired) electrons. The molecule has 26 heavy (non-hydrogen) atoms. The summed E-state index contributed by atoms with van der Waals surface area (Å²) in [6.07, 6.45) is 1.02. The zero-order valence-electron chi connectivity index (χ0n) is 15.4. The maximum absolute atomic E-state index is 9.90. The van der Waals surface area contributed by atoms with Gasteiger partial charge in [0.25, 0.3) is 0 Å². The van der Waals surface area contributed by atoms with Crippen molar-refractivity contribution in [3.05, 3.63) is 35.9 Å². The Balaban J connectivity index is 0.000000541. The van der Waals surface area contributed by atoms with E-state index in [9.17, 15) is 9.59 Å². The number of rotatable bonds is 14. The van der Waals surface area contributed by atoms with Crippen LogP contribution in [0.2, 0.25) is 0 Å². The zero-order valence-corrected chi connectivity index (χ0v) is 15.4. The Morgan fingerprint density at radius 1 is 0.808 bits per heavy atom. The van der Waals surface area contributed by atoms with Crippen molar-refractivity contribution < 1.29 is 34.0 Å². The summed E-state index contributed by atoms with van der Waals surface area (Å²) in [5.41, 5.74) is 1.19. The highest BCUT2D eigenvalue weighted by molar-refractivity contribution is 5.67. The molecule has 0 amide bonds.